The fraction of sp³-hybridized carbons (Fsp3) is 0.316. The molecule has 2 aromatic carbocycles. The normalized spacial score (nSPS) is 12.3. The standard InChI is InChI=1S/C19H25N3O3S.ClH/c1-13(2)15-4-6-16(7-5-15)19(20)12-21-26(24,25)18-10-8-17(9-11-18)22-14(3)23;/h4-11,13,19,21H,12,20H2,1-3H3,(H,22,23);1H. The van der Waals surface area contributed by atoms with Crippen LogP contribution in [0.2, 0.25) is 0 Å². The van der Waals surface area contributed by atoms with E-state index in [0.29, 0.717) is 11.6 Å². The Balaban J connectivity index is 0.00000364. The number of anilines is 1. The van der Waals surface area contributed by atoms with Crippen molar-refractivity contribution in [3.63, 3.8) is 0 Å². The molecule has 148 valence electrons. The summed E-state index contributed by atoms with van der Waals surface area (Å²) in [5.41, 5.74) is 8.73. The molecule has 0 aliphatic rings. The van der Waals surface area contributed by atoms with Crippen LogP contribution in [-0.4, -0.2) is 20.9 Å². The molecule has 1 amide bonds. The van der Waals surface area contributed by atoms with Crippen molar-refractivity contribution in [3.05, 3.63) is 59.7 Å². The summed E-state index contributed by atoms with van der Waals surface area (Å²) in [5, 5.41) is 2.59. The van der Waals surface area contributed by atoms with Crippen LogP contribution < -0.4 is 15.8 Å². The Morgan fingerprint density at radius 3 is 2.00 bits per heavy atom. The maximum Gasteiger partial charge on any atom is 0.240 e. The SMILES string of the molecule is CC(=O)Nc1ccc(S(=O)(=O)NCC(N)c2ccc(C(C)C)cc2)cc1.Cl. The molecule has 0 aliphatic heterocycles. The van der Waals surface area contributed by atoms with E-state index in [0.717, 1.165) is 5.56 Å². The van der Waals surface area contributed by atoms with E-state index in [1.54, 1.807) is 12.1 Å². The van der Waals surface area contributed by atoms with Gasteiger partial charge in [0.05, 0.1) is 4.90 Å². The van der Waals surface area contributed by atoms with Crippen molar-refractivity contribution in [2.75, 3.05) is 11.9 Å². The predicted octanol–water partition coefficient (Wildman–Crippen LogP) is 3.17. The summed E-state index contributed by atoms with van der Waals surface area (Å²) in [4.78, 5) is 11.1. The third-order valence-electron chi connectivity index (χ3n) is 4.01. The third-order valence-corrected chi connectivity index (χ3v) is 5.45. The minimum absolute atomic E-state index is 0. The first-order valence-electron chi connectivity index (χ1n) is 8.42. The van der Waals surface area contributed by atoms with Crippen molar-refractivity contribution < 1.29 is 13.2 Å². The van der Waals surface area contributed by atoms with Crippen LogP contribution in [0.1, 0.15) is 43.9 Å². The second-order valence-corrected chi connectivity index (χ2v) is 8.25. The van der Waals surface area contributed by atoms with E-state index >= 15 is 0 Å². The molecule has 2 aromatic rings. The number of hydrogen-bond donors (Lipinski definition) is 3. The van der Waals surface area contributed by atoms with Crippen molar-refractivity contribution >= 4 is 34.0 Å². The molecule has 4 N–H and O–H groups in total. The molecule has 0 radical (unpaired) electrons. The lowest BCUT2D eigenvalue weighted by Crippen LogP contribution is -2.32. The molecule has 0 heterocycles. The molecular weight excluding hydrogens is 386 g/mol. The van der Waals surface area contributed by atoms with Gasteiger partial charge < -0.3 is 11.1 Å². The highest BCUT2D eigenvalue weighted by molar-refractivity contribution is 7.89. The number of amides is 1. The molecule has 2 rings (SSSR count). The summed E-state index contributed by atoms with van der Waals surface area (Å²) < 4.78 is 27.3. The highest BCUT2D eigenvalue weighted by Gasteiger charge is 2.16. The van der Waals surface area contributed by atoms with Crippen LogP contribution in [0.25, 0.3) is 0 Å². The maximum absolute atomic E-state index is 12.4. The van der Waals surface area contributed by atoms with Gasteiger partial charge in [0.15, 0.2) is 0 Å². The molecule has 1 atom stereocenters. The first-order chi connectivity index (χ1) is 12.2. The van der Waals surface area contributed by atoms with Crippen LogP contribution in [0.3, 0.4) is 0 Å². The quantitative estimate of drug-likeness (QED) is 0.651. The van der Waals surface area contributed by atoms with Gasteiger partial charge in [-0.1, -0.05) is 38.1 Å². The van der Waals surface area contributed by atoms with E-state index in [1.165, 1.54) is 24.6 Å². The summed E-state index contributed by atoms with van der Waals surface area (Å²) in [6, 6.07) is 13.4. The Morgan fingerprint density at radius 1 is 1.00 bits per heavy atom. The molecule has 0 spiro atoms. The summed E-state index contributed by atoms with van der Waals surface area (Å²) in [5.74, 6) is 0.215. The minimum atomic E-state index is -3.67. The fourth-order valence-electron chi connectivity index (χ4n) is 2.45. The molecule has 0 fully saturated rings. The molecule has 6 nitrogen and oxygen atoms in total. The summed E-state index contributed by atoms with van der Waals surface area (Å²) >= 11 is 0. The molecule has 8 heteroatoms. The lowest BCUT2D eigenvalue weighted by atomic mass is 9.99. The van der Waals surface area contributed by atoms with E-state index in [9.17, 15) is 13.2 Å². The lowest BCUT2D eigenvalue weighted by Gasteiger charge is -2.15. The minimum Gasteiger partial charge on any atom is -0.326 e. The number of nitrogens with two attached hydrogens (primary N) is 1. The molecule has 27 heavy (non-hydrogen) atoms. The Morgan fingerprint density at radius 2 is 1.52 bits per heavy atom. The van der Waals surface area contributed by atoms with Crippen molar-refractivity contribution in [2.45, 2.75) is 37.6 Å². The zero-order valence-corrected chi connectivity index (χ0v) is 17.2. The molecule has 1 unspecified atom stereocenters. The van der Waals surface area contributed by atoms with Gasteiger partial charge in [-0.3, -0.25) is 4.79 Å². The fourth-order valence-corrected chi connectivity index (χ4v) is 3.51. The van der Waals surface area contributed by atoms with Crippen LogP contribution >= 0.6 is 12.4 Å². The van der Waals surface area contributed by atoms with Crippen molar-refractivity contribution in [1.29, 1.82) is 0 Å². The van der Waals surface area contributed by atoms with E-state index in [-0.39, 0.29) is 29.8 Å². The first kappa shape index (κ1) is 23.1. The summed E-state index contributed by atoms with van der Waals surface area (Å²) in [6.07, 6.45) is 0. The molecule has 0 aromatic heterocycles. The van der Waals surface area contributed by atoms with Gasteiger partial charge in [0.2, 0.25) is 15.9 Å². The zero-order chi connectivity index (χ0) is 19.3. The number of carbonyl (C=O) groups excluding carboxylic acids is 1. The average Bonchev–Trinajstić information content (AvgIpc) is 2.60. The van der Waals surface area contributed by atoms with Crippen LogP contribution in [0.15, 0.2) is 53.4 Å². The molecule has 0 saturated heterocycles. The van der Waals surface area contributed by atoms with Crippen molar-refractivity contribution in [2.24, 2.45) is 5.73 Å². The molecule has 0 saturated carbocycles. The number of sulfonamides is 1. The molecule has 0 bridgehead atoms. The van der Waals surface area contributed by atoms with Gasteiger partial charge in [-0.25, -0.2) is 13.1 Å². The molecule has 0 aliphatic carbocycles. The number of hydrogen-bond acceptors (Lipinski definition) is 4. The van der Waals surface area contributed by atoms with Gasteiger partial charge in [0, 0.05) is 25.2 Å². The van der Waals surface area contributed by atoms with E-state index < -0.39 is 16.1 Å². The van der Waals surface area contributed by atoms with Crippen LogP contribution in [0.4, 0.5) is 5.69 Å². The van der Waals surface area contributed by atoms with Crippen molar-refractivity contribution in [1.82, 2.24) is 4.72 Å². The Hall–Kier alpha value is -1.93. The van der Waals surface area contributed by atoms with Crippen LogP contribution in [0.5, 0.6) is 0 Å². The second kappa shape index (κ2) is 9.85. The van der Waals surface area contributed by atoms with Gasteiger partial charge in [-0.05, 0) is 41.3 Å². The first-order valence-corrected chi connectivity index (χ1v) is 9.90. The second-order valence-electron chi connectivity index (χ2n) is 6.49. The highest BCUT2D eigenvalue weighted by atomic mass is 35.5. The Bertz CT molecular complexity index is 851. The van der Waals surface area contributed by atoms with Gasteiger partial charge in [0.25, 0.3) is 0 Å². The number of halogens is 1. The number of benzene rings is 2. The molecular formula is C19H26ClN3O3S. The topological polar surface area (TPSA) is 101 Å². The van der Waals surface area contributed by atoms with Gasteiger partial charge in [-0.2, -0.15) is 0 Å². The van der Waals surface area contributed by atoms with E-state index in [1.807, 2.05) is 24.3 Å². The average molecular weight is 412 g/mol. The lowest BCUT2D eigenvalue weighted by molar-refractivity contribution is -0.114. The number of nitrogens with one attached hydrogen (secondary N) is 2. The zero-order valence-electron chi connectivity index (χ0n) is 15.6. The van der Waals surface area contributed by atoms with Gasteiger partial charge >= 0.3 is 0 Å². The largest absolute Gasteiger partial charge is 0.326 e. The Kier molecular flexibility index (Phi) is 8.43. The van der Waals surface area contributed by atoms with E-state index in [4.69, 9.17) is 5.73 Å². The predicted molar refractivity (Wildman–Crippen MR) is 111 cm³/mol. The summed E-state index contributed by atoms with van der Waals surface area (Å²) in [7, 11) is -3.67. The Labute approximate surface area is 167 Å². The monoisotopic (exact) mass is 411 g/mol. The van der Waals surface area contributed by atoms with Crippen LogP contribution in [0, 0.1) is 0 Å². The van der Waals surface area contributed by atoms with Gasteiger partial charge in [0.1, 0.15) is 0 Å². The maximum atomic E-state index is 12.4. The van der Waals surface area contributed by atoms with Gasteiger partial charge in [-0.15, -0.1) is 12.4 Å². The highest BCUT2D eigenvalue weighted by Crippen LogP contribution is 2.18. The number of carbonyl (C=O) groups is 1. The summed E-state index contributed by atoms with van der Waals surface area (Å²) in [6.45, 7) is 5.71. The van der Waals surface area contributed by atoms with Crippen molar-refractivity contribution in [3.8, 4) is 0 Å². The number of rotatable bonds is 7. The third kappa shape index (κ3) is 6.62. The smallest absolute Gasteiger partial charge is 0.240 e. The van der Waals surface area contributed by atoms with Crippen LogP contribution in [-0.2, 0) is 14.8 Å². The van der Waals surface area contributed by atoms with E-state index in [2.05, 4.69) is 23.9 Å².